The fourth-order valence-corrected chi connectivity index (χ4v) is 1.21. The Morgan fingerprint density at radius 3 is 2.44 bits per heavy atom. The summed E-state index contributed by atoms with van der Waals surface area (Å²) >= 11 is 0. The van der Waals surface area contributed by atoms with E-state index in [1.807, 2.05) is 0 Å². The number of carbonyl (C=O) groups excluding carboxylic acids is 2. The largest absolute Gasteiger partial charge is 0.464 e. The lowest BCUT2D eigenvalue weighted by Gasteiger charge is -2.05. The zero-order chi connectivity index (χ0) is 12.6. The Morgan fingerprint density at radius 2 is 2.00 bits per heavy atom. The van der Waals surface area contributed by atoms with Gasteiger partial charge in [-0.2, -0.15) is 0 Å². The van der Waals surface area contributed by atoms with Gasteiger partial charge in [0.15, 0.2) is 6.16 Å². The highest BCUT2D eigenvalue weighted by Gasteiger charge is 2.17. The number of rotatable bonds is 5. The first-order valence-electron chi connectivity index (χ1n) is 4.21. The molecule has 0 bridgehead atoms. The van der Waals surface area contributed by atoms with Crippen LogP contribution in [0.5, 0.6) is 0 Å². The number of ether oxygens (including phenoxy) is 2. The number of hydrogen-bond acceptors (Lipinski definition) is 6. The quantitative estimate of drug-likeness (QED) is 0.410. The number of hydrogen-bond donors (Lipinski definition) is 2. The normalized spacial score (nSPS) is 11.7. The van der Waals surface area contributed by atoms with Gasteiger partial charge in [-0.15, -0.1) is 0 Å². The summed E-state index contributed by atoms with van der Waals surface area (Å²) in [5.74, 6) is -0.785. The van der Waals surface area contributed by atoms with E-state index in [0.29, 0.717) is 0 Å². The van der Waals surface area contributed by atoms with E-state index in [2.05, 4.69) is 14.8 Å². The third-order valence-electron chi connectivity index (χ3n) is 1.48. The molecule has 1 amide bonds. The van der Waals surface area contributed by atoms with Crippen LogP contribution < -0.4 is 5.32 Å². The van der Waals surface area contributed by atoms with Gasteiger partial charge in [0, 0.05) is 0 Å². The SMILES string of the molecule is COC(=O)N/C(=C/C[P+](=O)CO)C(=O)OC. The van der Waals surface area contributed by atoms with Crippen molar-refractivity contribution in [3.8, 4) is 0 Å². The maximum Gasteiger partial charge on any atom is 0.411 e. The number of carbonyl (C=O) groups is 2. The van der Waals surface area contributed by atoms with Gasteiger partial charge in [-0.3, -0.25) is 5.32 Å². The first-order valence-corrected chi connectivity index (χ1v) is 5.84. The van der Waals surface area contributed by atoms with Crippen LogP contribution in [0.1, 0.15) is 0 Å². The van der Waals surface area contributed by atoms with Crippen LogP contribution in [0.3, 0.4) is 0 Å². The molecule has 0 fully saturated rings. The minimum atomic E-state index is -1.84. The molecule has 16 heavy (non-hydrogen) atoms. The number of aliphatic hydroxyl groups excluding tert-OH is 1. The zero-order valence-corrected chi connectivity index (χ0v) is 9.82. The number of alkyl carbamates (subject to hydrolysis) is 1. The van der Waals surface area contributed by atoms with Crippen LogP contribution >= 0.6 is 7.80 Å². The summed E-state index contributed by atoms with van der Waals surface area (Å²) in [6.45, 7) is 0. The second kappa shape index (κ2) is 7.78. The summed E-state index contributed by atoms with van der Waals surface area (Å²) in [4.78, 5) is 22.0. The maximum absolute atomic E-state index is 11.1. The van der Waals surface area contributed by atoms with Crippen LogP contribution in [0.4, 0.5) is 4.79 Å². The van der Waals surface area contributed by atoms with Crippen LogP contribution in [0.15, 0.2) is 11.8 Å². The highest BCUT2D eigenvalue weighted by Crippen LogP contribution is 2.18. The minimum Gasteiger partial charge on any atom is -0.464 e. The number of nitrogens with one attached hydrogen (secondary N) is 1. The molecule has 0 aliphatic rings. The number of methoxy groups -OCH3 is 2. The fourth-order valence-electron chi connectivity index (χ4n) is 0.707. The van der Waals surface area contributed by atoms with Crippen molar-refractivity contribution in [1.82, 2.24) is 5.32 Å². The van der Waals surface area contributed by atoms with Crippen LogP contribution in [0.2, 0.25) is 0 Å². The first-order chi connectivity index (χ1) is 7.54. The van der Waals surface area contributed by atoms with Crippen molar-refractivity contribution in [2.75, 3.05) is 26.7 Å². The molecule has 0 aromatic heterocycles. The molecule has 0 aliphatic carbocycles. The molecular weight excluding hydrogens is 237 g/mol. The smallest absolute Gasteiger partial charge is 0.411 e. The number of amides is 1. The number of esters is 1. The highest BCUT2D eigenvalue weighted by atomic mass is 31.1. The van der Waals surface area contributed by atoms with Gasteiger partial charge in [-0.1, -0.05) is 4.57 Å². The molecule has 0 aliphatic heterocycles. The fraction of sp³-hybridized carbons (Fsp3) is 0.500. The van der Waals surface area contributed by atoms with Crippen molar-refractivity contribution < 1.29 is 28.7 Å². The Morgan fingerprint density at radius 1 is 1.38 bits per heavy atom. The summed E-state index contributed by atoms with van der Waals surface area (Å²) < 4.78 is 19.6. The third kappa shape index (κ3) is 5.43. The van der Waals surface area contributed by atoms with E-state index in [0.717, 1.165) is 14.2 Å². The lowest BCUT2D eigenvalue weighted by molar-refractivity contribution is -0.136. The zero-order valence-electron chi connectivity index (χ0n) is 8.93. The Labute approximate surface area is 93.2 Å². The molecule has 2 N–H and O–H groups in total. The molecule has 7 nitrogen and oxygen atoms in total. The van der Waals surface area contributed by atoms with Crippen molar-refractivity contribution in [3.05, 3.63) is 11.8 Å². The van der Waals surface area contributed by atoms with E-state index in [1.54, 1.807) is 0 Å². The monoisotopic (exact) mass is 250 g/mol. The molecule has 1 unspecified atom stereocenters. The van der Waals surface area contributed by atoms with E-state index in [4.69, 9.17) is 5.11 Å². The third-order valence-corrected chi connectivity index (χ3v) is 2.39. The molecule has 0 saturated carbocycles. The molecule has 1 atom stereocenters. The Bertz CT molecular complexity index is 314. The summed E-state index contributed by atoms with van der Waals surface area (Å²) in [5, 5.41) is 10.6. The van der Waals surface area contributed by atoms with Gasteiger partial charge in [0.2, 0.25) is 6.35 Å². The van der Waals surface area contributed by atoms with Crippen LogP contribution in [0, 0.1) is 0 Å². The Kier molecular flexibility index (Phi) is 7.07. The van der Waals surface area contributed by atoms with Gasteiger partial charge in [0.05, 0.1) is 14.2 Å². The van der Waals surface area contributed by atoms with Gasteiger partial charge < -0.3 is 14.6 Å². The standard InChI is InChI=1S/C8H12NO6P/c1-14-7(11)6(9-8(12)15-2)3-4-16(13)5-10/h3,10H,4-5H2,1-2H3/p+1/b6-3+. The van der Waals surface area contributed by atoms with E-state index < -0.39 is 26.2 Å². The molecular formula is C8H13NO6P+. The second-order valence-corrected chi connectivity index (χ2v) is 4.14. The lowest BCUT2D eigenvalue weighted by atomic mass is 10.4. The highest BCUT2D eigenvalue weighted by molar-refractivity contribution is 7.44. The van der Waals surface area contributed by atoms with Crippen molar-refractivity contribution in [2.24, 2.45) is 0 Å². The van der Waals surface area contributed by atoms with Gasteiger partial charge >= 0.3 is 19.9 Å². The van der Waals surface area contributed by atoms with Crippen LogP contribution in [-0.4, -0.2) is 43.9 Å². The molecule has 0 aromatic rings. The van der Waals surface area contributed by atoms with Crippen molar-refractivity contribution in [3.63, 3.8) is 0 Å². The van der Waals surface area contributed by atoms with Crippen LogP contribution in [-0.2, 0) is 18.8 Å². The lowest BCUT2D eigenvalue weighted by Crippen LogP contribution is -2.28. The van der Waals surface area contributed by atoms with Gasteiger partial charge in [0.25, 0.3) is 0 Å². The number of allylic oxidation sites excluding steroid dienone is 1. The Hall–Kier alpha value is -1.46. The van der Waals surface area contributed by atoms with Crippen molar-refractivity contribution in [1.29, 1.82) is 0 Å². The summed E-state index contributed by atoms with van der Waals surface area (Å²) in [6.07, 6.45) is -0.160. The van der Waals surface area contributed by atoms with E-state index in [-0.39, 0.29) is 11.9 Å². The van der Waals surface area contributed by atoms with E-state index in [1.165, 1.54) is 6.08 Å². The molecule has 0 rings (SSSR count). The van der Waals surface area contributed by atoms with Gasteiger partial charge in [-0.05, 0) is 6.08 Å². The predicted molar refractivity (Wildman–Crippen MR) is 55.2 cm³/mol. The predicted octanol–water partition coefficient (Wildman–Crippen LogP) is 0.176. The first kappa shape index (κ1) is 14.5. The van der Waals surface area contributed by atoms with Crippen LogP contribution in [0.25, 0.3) is 0 Å². The summed E-state index contributed by atoms with van der Waals surface area (Å²) in [5.41, 5.74) is -0.175. The molecule has 8 heteroatoms. The number of aliphatic hydroxyl groups is 1. The van der Waals surface area contributed by atoms with E-state index in [9.17, 15) is 14.2 Å². The van der Waals surface area contributed by atoms with E-state index >= 15 is 0 Å². The molecule has 0 saturated heterocycles. The molecule has 90 valence electrons. The molecule has 0 spiro atoms. The topological polar surface area (TPSA) is 102 Å². The van der Waals surface area contributed by atoms with Crippen molar-refractivity contribution >= 4 is 19.9 Å². The van der Waals surface area contributed by atoms with Crippen molar-refractivity contribution in [2.45, 2.75) is 0 Å². The van der Waals surface area contributed by atoms with Gasteiger partial charge in [0.1, 0.15) is 5.70 Å². The van der Waals surface area contributed by atoms with Gasteiger partial charge in [-0.25, -0.2) is 9.59 Å². The Balaban J connectivity index is 4.59. The molecule has 0 heterocycles. The molecule has 0 aromatic carbocycles. The average Bonchev–Trinajstić information content (AvgIpc) is 2.32. The average molecular weight is 250 g/mol. The summed E-state index contributed by atoms with van der Waals surface area (Å²) in [6, 6.07) is 0. The summed E-state index contributed by atoms with van der Waals surface area (Å²) in [7, 11) is 0.437. The molecule has 0 radical (unpaired) electrons. The minimum absolute atomic E-state index is 0.0414. The second-order valence-electron chi connectivity index (χ2n) is 2.53. The maximum atomic E-state index is 11.1.